The lowest BCUT2D eigenvalue weighted by Crippen LogP contribution is -2.40. The molecule has 0 fully saturated rings. The summed E-state index contributed by atoms with van der Waals surface area (Å²) in [4.78, 5) is 44.9. The molecular weight excluding hydrogens is 789 g/mol. The zero-order valence-corrected chi connectivity index (χ0v) is 37.6. The van der Waals surface area contributed by atoms with Crippen LogP contribution < -0.4 is 5.32 Å². The number of hydrogen-bond acceptors (Lipinski definition) is 7. The summed E-state index contributed by atoms with van der Waals surface area (Å²) < 4.78 is 15.2. The van der Waals surface area contributed by atoms with Gasteiger partial charge in [-0.2, -0.15) is 0 Å². The fourth-order valence-corrected chi connectivity index (χ4v) is 9.07. The summed E-state index contributed by atoms with van der Waals surface area (Å²) >= 11 is 0. The van der Waals surface area contributed by atoms with Gasteiger partial charge in [0.15, 0.2) is 0 Å². The number of benzene rings is 4. The number of nitrogens with one attached hydrogen (secondary N) is 3. The zero-order chi connectivity index (χ0) is 44.7. The largest absolute Gasteiger partial charge is 0.466 e. The Morgan fingerprint density at radius 3 is 1.81 bits per heavy atom. The number of hydrogen-bond donors (Lipinski definition) is 3. The molecule has 2 unspecified atom stereocenters. The third kappa shape index (κ3) is 10.8. The Bertz CT molecular complexity index is 2660. The van der Waals surface area contributed by atoms with Crippen LogP contribution in [-0.4, -0.2) is 65.8 Å². The molecule has 4 aromatic carbocycles. The number of rotatable bonds is 12. The highest BCUT2D eigenvalue weighted by molar-refractivity contribution is 5.88. The van der Waals surface area contributed by atoms with Crippen LogP contribution in [0.25, 0.3) is 34.0 Å². The minimum atomic E-state index is -0.573. The van der Waals surface area contributed by atoms with Crippen LogP contribution in [0.5, 0.6) is 0 Å². The maximum Gasteiger partial charge on any atom is 0.410 e. The number of para-hydroxylation sites is 2. The Morgan fingerprint density at radius 2 is 1.24 bits per heavy atom. The number of methoxy groups -OCH3 is 2. The lowest BCUT2D eigenvalue weighted by atomic mass is 10.0. The molecule has 3 N–H and O–H groups in total. The highest BCUT2D eigenvalue weighted by Crippen LogP contribution is 2.38. The molecule has 2 aliphatic rings. The molecule has 10 nitrogen and oxygen atoms in total. The number of H-pyrrole nitrogens is 2. The first-order valence-corrected chi connectivity index (χ1v) is 21.9. The van der Waals surface area contributed by atoms with Crippen LogP contribution >= 0.6 is 0 Å². The standard InChI is InChI=1S/C29H34N2O4.C24H26N2O2/c1-19-22(24-8-6-7-9-25(24)30-19)16-17-31(28(33)35-29(2,3)4)26-14-12-21-18-20(10-13-23(21)26)11-15-27(32)34-5;1-16-19(21-5-3-4-6-23(21)26-16)13-14-25-22-11-9-18-15-17(7-10-20(18)22)8-12-24(27)28-2/h6-11,13,15,18,26,30H,12,14,16-17H2,1-5H3;3-8,10,12,15,22,25-26H,9,11,13-14H2,1-2H3/b15-11+;12-8+. The predicted octanol–water partition coefficient (Wildman–Crippen LogP) is 10.6. The molecule has 0 spiro atoms. The van der Waals surface area contributed by atoms with E-state index in [4.69, 9.17) is 4.74 Å². The normalized spacial score (nSPS) is 15.7. The van der Waals surface area contributed by atoms with Gasteiger partial charge in [-0.1, -0.05) is 72.8 Å². The van der Waals surface area contributed by atoms with Crippen LogP contribution in [0.2, 0.25) is 0 Å². The molecule has 8 rings (SSSR count). The van der Waals surface area contributed by atoms with E-state index in [1.807, 2.05) is 49.9 Å². The molecule has 328 valence electrons. The van der Waals surface area contributed by atoms with Gasteiger partial charge < -0.3 is 34.4 Å². The number of amides is 1. The number of fused-ring (bicyclic) bond motifs is 4. The Hall–Kier alpha value is -6.39. The quantitative estimate of drug-likeness (QED) is 0.0636. The Kier molecular flexibility index (Phi) is 14.0. The van der Waals surface area contributed by atoms with Gasteiger partial charge in [0.2, 0.25) is 0 Å². The first-order chi connectivity index (χ1) is 30.3. The van der Waals surface area contributed by atoms with Crippen molar-refractivity contribution in [2.24, 2.45) is 0 Å². The van der Waals surface area contributed by atoms with E-state index < -0.39 is 5.60 Å². The number of aryl methyl sites for hydroxylation is 4. The monoisotopic (exact) mass is 848 g/mol. The Balaban J connectivity index is 0.000000193. The van der Waals surface area contributed by atoms with Crippen molar-refractivity contribution in [1.29, 1.82) is 0 Å². The van der Waals surface area contributed by atoms with E-state index in [1.165, 1.54) is 76.2 Å². The van der Waals surface area contributed by atoms with E-state index in [-0.39, 0.29) is 24.1 Å². The van der Waals surface area contributed by atoms with Crippen LogP contribution in [-0.2, 0) is 49.5 Å². The number of esters is 2. The van der Waals surface area contributed by atoms with Crippen molar-refractivity contribution in [2.75, 3.05) is 27.3 Å². The predicted molar refractivity (Wildman–Crippen MR) is 252 cm³/mol. The van der Waals surface area contributed by atoms with Crippen LogP contribution in [0.3, 0.4) is 0 Å². The molecule has 0 saturated carbocycles. The topological polar surface area (TPSA) is 126 Å². The minimum absolute atomic E-state index is 0.0519. The highest BCUT2D eigenvalue weighted by Gasteiger charge is 2.34. The van der Waals surface area contributed by atoms with Gasteiger partial charge in [-0.05, 0) is 148 Å². The number of carbonyl (C=O) groups is 3. The van der Waals surface area contributed by atoms with Crippen molar-refractivity contribution in [3.05, 3.63) is 153 Å². The zero-order valence-electron chi connectivity index (χ0n) is 37.6. The molecule has 0 bridgehead atoms. The highest BCUT2D eigenvalue weighted by atomic mass is 16.6. The molecule has 10 heteroatoms. The van der Waals surface area contributed by atoms with Gasteiger partial charge in [0, 0.05) is 57.9 Å². The summed E-state index contributed by atoms with van der Waals surface area (Å²) in [5.74, 6) is -0.709. The number of nitrogens with zero attached hydrogens (tertiary/aromatic N) is 1. The third-order valence-corrected chi connectivity index (χ3v) is 12.1. The number of carbonyl (C=O) groups excluding carboxylic acids is 3. The molecule has 2 aromatic heterocycles. The summed E-state index contributed by atoms with van der Waals surface area (Å²) in [5, 5.41) is 6.27. The SMILES string of the molecule is COC(=O)/C=C/c1ccc2c(c1)CCC2N(CCc1c(C)[nH]c2ccccc12)C(=O)OC(C)(C)C.COC(=O)/C=C/c1ccc2c(c1)CCC2NCCc1c(C)[nH]c2ccccc12. The second-order valence-electron chi connectivity index (χ2n) is 17.5. The van der Waals surface area contributed by atoms with Crippen molar-refractivity contribution in [2.45, 2.75) is 90.8 Å². The van der Waals surface area contributed by atoms with E-state index in [1.54, 1.807) is 6.08 Å². The average Bonchev–Trinajstić information content (AvgIpc) is 4.04. The third-order valence-electron chi connectivity index (χ3n) is 12.1. The summed E-state index contributed by atoms with van der Waals surface area (Å²) in [5.41, 5.74) is 13.8. The molecule has 1 amide bonds. The van der Waals surface area contributed by atoms with Crippen LogP contribution in [0.1, 0.15) is 102 Å². The van der Waals surface area contributed by atoms with Crippen LogP contribution in [0, 0.1) is 13.8 Å². The maximum atomic E-state index is 13.4. The maximum absolute atomic E-state index is 13.4. The molecule has 63 heavy (non-hydrogen) atoms. The lowest BCUT2D eigenvalue weighted by molar-refractivity contribution is -0.135. The number of ether oxygens (including phenoxy) is 3. The molecule has 0 radical (unpaired) electrons. The molecule has 6 aromatic rings. The molecule has 2 aliphatic carbocycles. The van der Waals surface area contributed by atoms with Crippen molar-refractivity contribution in [1.82, 2.24) is 20.2 Å². The summed E-state index contributed by atoms with van der Waals surface area (Å²) in [6.07, 6.45) is 11.8. The van der Waals surface area contributed by atoms with E-state index in [0.717, 1.165) is 73.0 Å². The average molecular weight is 849 g/mol. The second kappa shape index (κ2) is 19.8. The molecule has 0 aliphatic heterocycles. The van der Waals surface area contributed by atoms with E-state index >= 15 is 0 Å². The first kappa shape index (κ1) is 44.7. The molecule has 2 heterocycles. The van der Waals surface area contributed by atoms with Crippen molar-refractivity contribution in [3.63, 3.8) is 0 Å². The second-order valence-corrected chi connectivity index (χ2v) is 17.5. The Morgan fingerprint density at radius 1 is 0.714 bits per heavy atom. The van der Waals surface area contributed by atoms with Gasteiger partial charge in [-0.3, -0.25) is 0 Å². The van der Waals surface area contributed by atoms with E-state index in [2.05, 4.69) is 105 Å². The number of aromatic nitrogens is 2. The van der Waals surface area contributed by atoms with E-state index in [0.29, 0.717) is 12.6 Å². The first-order valence-electron chi connectivity index (χ1n) is 21.9. The fraction of sp³-hybridized carbons (Fsp3) is 0.340. The van der Waals surface area contributed by atoms with Crippen molar-refractivity contribution < 1.29 is 28.6 Å². The van der Waals surface area contributed by atoms with Gasteiger partial charge in [-0.25, -0.2) is 14.4 Å². The van der Waals surface area contributed by atoms with Crippen LogP contribution in [0.4, 0.5) is 4.79 Å². The van der Waals surface area contributed by atoms with Gasteiger partial charge >= 0.3 is 18.0 Å². The minimum Gasteiger partial charge on any atom is -0.466 e. The van der Waals surface area contributed by atoms with Gasteiger partial charge in [0.25, 0.3) is 0 Å². The smallest absolute Gasteiger partial charge is 0.410 e. The fourth-order valence-electron chi connectivity index (χ4n) is 9.07. The van der Waals surface area contributed by atoms with E-state index in [9.17, 15) is 14.4 Å². The van der Waals surface area contributed by atoms with Crippen molar-refractivity contribution in [3.8, 4) is 0 Å². The lowest BCUT2D eigenvalue weighted by Gasteiger charge is -2.32. The van der Waals surface area contributed by atoms with Crippen molar-refractivity contribution >= 4 is 52.0 Å². The number of aromatic amines is 2. The summed E-state index contributed by atoms with van der Waals surface area (Å²) in [7, 11) is 2.76. The summed E-state index contributed by atoms with van der Waals surface area (Å²) in [6.45, 7) is 11.5. The molecule has 0 saturated heterocycles. The van der Waals surface area contributed by atoms with Gasteiger partial charge in [0.05, 0.1) is 20.3 Å². The summed E-state index contributed by atoms with van der Waals surface area (Å²) in [6, 6.07) is 29.7. The Labute approximate surface area is 370 Å². The van der Waals surface area contributed by atoms with Crippen LogP contribution in [0.15, 0.2) is 97.1 Å². The van der Waals surface area contributed by atoms with Gasteiger partial charge in [0.1, 0.15) is 5.60 Å². The van der Waals surface area contributed by atoms with Gasteiger partial charge in [-0.15, -0.1) is 0 Å². The molecular formula is C53H60N4O6. The molecule has 2 atom stereocenters.